The van der Waals surface area contributed by atoms with Gasteiger partial charge in [-0.05, 0) is 24.3 Å². The van der Waals surface area contributed by atoms with E-state index in [2.05, 4.69) is 14.9 Å². The first-order valence-corrected chi connectivity index (χ1v) is 12.2. The Morgan fingerprint density at radius 3 is 2.65 bits per heavy atom. The van der Waals surface area contributed by atoms with Gasteiger partial charge < -0.3 is 14.2 Å². The zero-order chi connectivity index (χ0) is 23.1. The summed E-state index contributed by atoms with van der Waals surface area (Å²) in [6, 6.07) is 15.7. The number of hydrogen-bond donors (Lipinski definition) is 0. The van der Waals surface area contributed by atoms with E-state index < -0.39 is 0 Å². The Morgan fingerprint density at radius 1 is 1.06 bits per heavy atom. The van der Waals surface area contributed by atoms with Gasteiger partial charge in [-0.15, -0.1) is 11.3 Å². The van der Waals surface area contributed by atoms with E-state index in [0.717, 1.165) is 29.9 Å². The van der Waals surface area contributed by atoms with Crippen molar-refractivity contribution in [2.75, 3.05) is 37.6 Å². The Hall–Kier alpha value is -3.56. The second-order valence-electron chi connectivity index (χ2n) is 8.56. The van der Waals surface area contributed by atoms with Crippen LogP contribution in [0.15, 0.2) is 64.5 Å². The SMILES string of the molecule is O=C(c1nccs1)N1CCN(C2CC(=O)N(c3ccc4nc(-c5ccccc5)oc4c3)C2)CC1. The molecular weight excluding hydrogens is 450 g/mol. The van der Waals surface area contributed by atoms with Gasteiger partial charge in [0.1, 0.15) is 5.52 Å². The van der Waals surface area contributed by atoms with Crippen molar-refractivity contribution in [1.29, 1.82) is 0 Å². The fourth-order valence-corrected chi connectivity index (χ4v) is 5.32. The van der Waals surface area contributed by atoms with Gasteiger partial charge in [-0.3, -0.25) is 14.5 Å². The van der Waals surface area contributed by atoms with Crippen LogP contribution in [0.5, 0.6) is 0 Å². The maximum absolute atomic E-state index is 12.9. The van der Waals surface area contributed by atoms with Gasteiger partial charge in [0, 0.05) is 74.1 Å². The number of oxazole rings is 1. The molecule has 172 valence electrons. The Labute approximate surface area is 200 Å². The average molecular weight is 474 g/mol. The molecule has 2 aromatic heterocycles. The van der Waals surface area contributed by atoms with Crippen molar-refractivity contribution in [3.8, 4) is 11.5 Å². The highest BCUT2D eigenvalue weighted by Crippen LogP contribution is 2.30. The summed E-state index contributed by atoms with van der Waals surface area (Å²) in [6.07, 6.45) is 2.13. The van der Waals surface area contributed by atoms with Gasteiger partial charge in [-0.2, -0.15) is 0 Å². The summed E-state index contributed by atoms with van der Waals surface area (Å²) in [5.41, 5.74) is 3.19. The summed E-state index contributed by atoms with van der Waals surface area (Å²) in [7, 11) is 0. The molecule has 6 rings (SSSR count). The third-order valence-electron chi connectivity index (χ3n) is 6.54. The van der Waals surface area contributed by atoms with E-state index in [1.165, 1.54) is 11.3 Å². The molecule has 0 radical (unpaired) electrons. The molecule has 2 amide bonds. The van der Waals surface area contributed by atoms with E-state index in [1.54, 1.807) is 6.20 Å². The van der Waals surface area contributed by atoms with Gasteiger partial charge >= 0.3 is 0 Å². The summed E-state index contributed by atoms with van der Waals surface area (Å²) in [6.45, 7) is 3.43. The van der Waals surface area contributed by atoms with Crippen LogP contribution in [0.3, 0.4) is 0 Å². The van der Waals surface area contributed by atoms with Crippen LogP contribution in [0, 0.1) is 0 Å². The number of fused-ring (bicyclic) bond motifs is 1. The fraction of sp³-hybridized carbons (Fsp3) is 0.280. The first-order valence-electron chi connectivity index (χ1n) is 11.3. The molecule has 2 aliphatic heterocycles. The quantitative estimate of drug-likeness (QED) is 0.451. The number of carbonyl (C=O) groups is 2. The van der Waals surface area contributed by atoms with Crippen LogP contribution >= 0.6 is 11.3 Å². The number of rotatable bonds is 4. The number of nitrogens with zero attached hydrogens (tertiary/aromatic N) is 5. The first kappa shape index (κ1) is 21.0. The number of hydrogen-bond acceptors (Lipinski definition) is 7. The Kier molecular flexibility index (Phi) is 5.35. The number of anilines is 1. The van der Waals surface area contributed by atoms with Crippen molar-refractivity contribution >= 4 is 39.9 Å². The normalized spacial score (nSPS) is 19.3. The Balaban J connectivity index is 1.13. The van der Waals surface area contributed by atoms with Crippen LogP contribution < -0.4 is 4.90 Å². The van der Waals surface area contributed by atoms with Crippen molar-refractivity contribution in [2.45, 2.75) is 12.5 Å². The van der Waals surface area contributed by atoms with Crippen LogP contribution in [0.25, 0.3) is 22.6 Å². The smallest absolute Gasteiger partial charge is 0.282 e. The minimum Gasteiger partial charge on any atom is -0.436 e. The predicted octanol–water partition coefficient (Wildman–Crippen LogP) is 3.51. The lowest BCUT2D eigenvalue weighted by atomic mass is 10.2. The van der Waals surface area contributed by atoms with Crippen LogP contribution in [-0.4, -0.2) is 70.3 Å². The van der Waals surface area contributed by atoms with E-state index in [0.29, 0.717) is 42.5 Å². The van der Waals surface area contributed by atoms with Gasteiger partial charge in [0.05, 0.1) is 0 Å². The Bertz CT molecular complexity index is 1330. The molecule has 9 heteroatoms. The third kappa shape index (κ3) is 3.86. The van der Waals surface area contributed by atoms with Gasteiger partial charge in [0.2, 0.25) is 11.8 Å². The molecule has 2 fully saturated rings. The highest BCUT2D eigenvalue weighted by atomic mass is 32.1. The Morgan fingerprint density at radius 2 is 1.88 bits per heavy atom. The number of piperazine rings is 1. The van der Waals surface area contributed by atoms with Crippen LogP contribution in [0.4, 0.5) is 5.69 Å². The molecule has 4 aromatic rings. The second kappa shape index (κ2) is 8.66. The average Bonchev–Trinajstić information content (AvgIpc) is 3.63. The molecule has 0 spiro atoms. The van der Waals surface area contributed by atoms with E-state index in [4.69, 9.17) is 4.42 Å². The number of benzene rings is 2. The van der Waals surface area contributed by atoms with E-state index >= 15 is 0 Å². The molecule has 0 aliphatic carbocycles. The first-order chi connectivity index (χ1) is 16.7. The summed E-state index contributed by atoms with van der Waals surface area (Å²) < 4.78 is 6.00. The monoisotopic (exact) mass is 473 g/mol. The molecule has 0 bridgehead atoms. The highest BCUT2D eigenvalue weighted by molar-refractivity contribution is 7.11. The predicted molar refractivity (Wildman–Crippen MR) is 130 cm³/mol. The van der Waals surface area contributed by atoms with Crippen LogP contribution in [-0.2, 0) is 4.79 Å². The van der Waals surface area contributed by atoms with E-state index in [-0.39, 0.29) is 17.9 Å². The second-order valence-corrected chi connectivity index (χ2v) is 9.46. The molecule has 2 saturated heterocycles. The molecule has 0 saturated carbocycles. The van der Waals surface area contributed by atoms with Gasteiger partial charge in [0.25, 0.3) is 5.91 Å². The van der Waals surface area contributed by atoms with E-state index in [1.807, 2.05) is 63.7 Å². The summed E-state index contributed by atoms with van der Waals surface area (Å²) in [4.78, 5) is 40.2. The molecule has 34 heavy (non-hydrogen) atoms. The largest absolute Gasteiger partial charge is 0.436 e. The molecule has 2 aromatic carbocycles. The van der Waals surface area contributed by atoms with Crippen molar-refractivity contribution in [3.63, 3.8) is 0 Å². The van der Waals surface area contributed by atoms with Crippen LogP contribution in [0.2, 0.25) is 0 Å². The molecule has 2 aliphatic rings. The lowest BCUT2D eigenvalue weighted by molar-refractivity contribution is -0.117. The molecule has 1 atom stereocenters. The van der Waals surface area contributed by atoms with Crippen LogP contribution in [0.1, 0.15) is 16.2 Å². The molecular formula is C25H23N5O3S. The highest BCUT2D eigenvalue weighted by Gasteiger charge is 2.36. The summed E-state index contributed by atoms with van der Waals surface area (Å²) in [5.74, 6) is 0.672. The van der Waals surface area contributed by atoms with Gasteiger partial charge in [-0.25, -0.2) is 9.97 Å². The molecule has 8 nitrogen and oxygen atoms in total. The van der Waals surface area contributed by atoms with Gasteiger partial charge in [-0.1, -0.05) is 18.2 Å². The number of carbonyl (C=O) groups excluding carboxylic acids is 2. The third-order valence-corrected chi connectivity index (χ3v) is 7.30. The molecule has 1 unspecified atom stereocenters. The van der Waals surface area contributed by atoms with E-state index in [9.17, 15) is 9.59 Å². The maximum atomic E-state index is 12.9. The molecule has 0 N–H and O–H groups in total. The van der Waals surface area contributed by atoms with Crippen molar-refractivity contribution in [3.05, 3.63) is 65.1 Å². The zero-order valence-electron chi connectivity index (χ0n) is 18.5. The van der Waals surface area contributed by atoms with Crippen molar-refractivity contribution < 1.29 is 14.0 Å². The topological polar surface area (TPSA) is 82.8 Å². The lowest BCUT2D eigenvalue weighted by Crippen LogP contribution is -2.52. The summed E-state index contributed by atoms with van der Waals surface area (Å²) in [5, 5.41) is 2.36. The lowest BCUT2D eigenvalue weighted by Gasteiger charge is -2.37. The van der Waals surface area contributed by atoms with Crippen molar-refractivity contribution in [2.24, 2.45) is 0 Å². The number of aromatic nitrogens is 2. The van der Waals surface area contributed by atoms with Crippen molar-refractivity contribution in [1.82, 2.24) is 19.8 Å². The standard InChI is InChI=1S/C25H23N5O3S/c31-22-15-19(28-9-11-29(12-10-28)25(32)24-26-8-13-34-24)16-30(22)18-6-7-20-21(14-18)33-23(27-20)17-4-2-1-3-5-17/h1-8,13-14,19H,9-12,15-16H2. The zero-order valence-corrected chi connectivity index (χ0v) is 19.3. The number of thiazole rings is 1. The minimum absolute atomic E-state index is 0.00555. The number of amides is 2. The minimum atomic E-state index is -0.00555. The maximum Gasteiger partial charge on any atom is 0.282 e. The van der Waals surface area contributed by atoms with Gasteiger partial charge in [0.15, 0.2) is 10.6 Å². The molecule has 4 heterocycles. The fourth-order valence-electron chi connectivity index (χ4n) is 4.72. The summed E-state index contributed by atoms with van der Waals surface area (Å²) >= 11 is 1.37.